The molecule has 0 N–H and O–H groups in total. The minimum atomic E-state index is -4.21. The molecule has 0 nitrogen and oxygen atoms in total. The van der Waals surface area contributed by atoms with Crippen LogP contribution in [0.25, 0.3) is 0 Å². The Morgan fingerprint density at radius 2 is 1.39 bits per heavy atom. The smallest absolute Gasteiger partial charge is 0.166 e. The van der Waals surface area contributed by atoms with Crippen LogP contribution in [0.5, 0.6) is 0 Å². The van der Waals surface area contributed by atoms with Gasteiger partial charge in [-0.25, -0.2) is 0 Å². The third-order valence-corrected chi connectivity index (χ3v) is 2.74. The van der Waals surface area contributed by atoms with Crippen LogP contribution in [-0.2, 0) is 6.18 Å². The molecule has 104 valence electrons. The predicted octanol–water partition coefficient (Wildman–Crippen LogP) is 5.93. The molecular weight excluding hydrogens is 237 g/mol. The average Bonchev–Trinajstić information content (AvgIpc) is 2.84. The molecule has 2 rings (SSSR count). The fourth-order valence-electron chi connectivity index (χ4n) is 1.76. The Balaban J connectivity index is 0.000000308. The number of hydrogen-bond donors (Lipinski definition) is 0. The van der Waals surface area contributed by atoms with Crippen molar-refractivity contribution in [2.75, 3.05) is 0 Å². The Labute approximate surface area is 108 Å². The van der Waals surface area contributed by atoms with Gasteiger partial charge in [-0.15, -0.1) is 0 Å². The third-order valence-electron chi connectivity index (χ3n) is 2.74. The van der Waals surface area contributed by atoms with Gasteiger partial charge in [-0.05, 0) is 5.92 Å². The van der Waals surface area contributed by atoms with Crippen LogP contribution in [-0.4, -0.2) is 0 Å². The highest BCUT2D eigenvalue weighted by Gasteiger charge is 2.29. The van der Waals surface area contributed by atoms with E-state index < -0.39 is 11.7 Å². The van der Waals surface area contributed by atoms with E-state index in [2.05, 4.69) is 6.92 Å². The molecule has 0 spiro atoms. The zero-order valence-corrected chi connectivity index (χ0v) is 11.4. The highest BCUT2D eigenvalue weighted by molar-refractivity contribution is 5.17. The molecule has 1 aromatic carbocycles. The van der Waals surface area contributed by atoms with Crippen LogP contribution in [0.4, 0.5) is 13.2 Å². The van der Waals surface area contributed by atoms with Gasteiger partial charge in [-0.3, -0.25) is 0 Å². The van der Waals surface area contributed by atoms with Gasteiger partial charge >= 0.3 is 6.18 Å². The van der Waals surface area contributed by atoms with E-state index in [4.69, 9.17) is 0 Å². The number of hydrogen-bond acceptors (Lipinski definition) is 0. The van der Waals surface area contributed by atoms with Crippen LogP contribution in [0.3, 0.4) is 0 Å². The van der Waals surface area contributed by atoms with Crippen LogP contribution >= 0.6 is 0 Å². The van der Waals surface area contributed by atoms with Crippen molar-refractivity contribution in [1.82, 2.24) is 0 Å². The van der Waals surface area contributed by atoms with Gasteiger partial charge in [0.25, 0.3) is 0 Å². The first kappa shape index (κ1) is 17.0. The first-order chi connectivity index (χ1) is 8.50. The van der Waals surface area contributed by atoms with Gasteiger partial charge in [0.05, 0.1) is 5.56 Å². The van der Waals surface area contributed by atoms with Crippen molar-refractivity contribution in [1.29, 1.82) is 0 Å². The van der Waals surface area contributed by atoms with E-state index >= 15 is 0 Å². The van der Waals surface area contributed by atoms with Crippen LogP contribution in [0, 0.1) is 5.92 Å². The van der Waals surface area contributed by atoms with Gasteiger partial charge in [0, 0.05) is 0 Å². The summed E-state index contributed by atoms with van der Waals surface area (Å²) in [6, 6.07) is 6.36. The molecule has 1 saturated carbocycles. The first-order valence-corrected chi connectivity index (χ1v) is 6.62. The van der Waals surface area contributed by atoms with E-state index in [-0.39, 0.29) is 0 Å². The van der Waals surface area contributed by atoms with Gasteiger partial charge in [-0.2, -0.15) is 13.2 Å². The highest BCUT2D eigenvalue weighted by Crippen LogP contribution is 2.28. The van der Waals surface area contributed by atoms with Crippen molar-refractivity contribution in [3.8, 4) is 0 Å². The molecule has 0 aliphatic heterocycles. The Kier molecular flexibility index (Phi) is 8.51. The summed E-state index contributed by atoms with van der Waals surface area (Å²) in [6.07, 6.45) is 1.74. The Morgan fingerprint density at radius 3 is 1.61 bits per heavy atom. The summed E-state index contributed by atoms with van der Waals surface area (Å²) >= 11 is 0. The van der Waals surface area contributed by atoms with E-state index in [9.17, 15) is 13.2 Å². The van der Waals surface area contributed by atoms with Crippen molar-refractivity contribution in [2.45, 2.75) is 52.6 Å². The van der Waals surface area contributed by atoms with Crippen molar-refractivity contribution >= 4 is 0 Å². The summed E-state index contributed by atoms with van der Waals surface area (Å²) < 4.78 is 35.4. The minimum absolute atomic E-state index is 0.602. The lowest BCUT2D eigenvalue weighted by atomic mass is 10.2. The summed E-state index contributed by atoms with van der Waals surface area (Å²) in [5.74, 6) is 1.05. The second kappa shape index (κ2) is 9.01. The van der Waals surface area contributed by atoms with Crippen LogP contribution in [0.1, 0.15) is 52.0 Å². The lowest BCUT2D eigenvalue weighted by Crippen LogP contribution is -2.03. The maximum atomic E-state index is 11.8. The van der Waals surface area contributed by atoms with E-state index in [1.54, 1.807) is 6.07 Å². The van der Waals surface area contributed by atoms with Crippen LogP contribution < -0.4 is 0 Å². The normalized spacial score (nSPS) is 15.2. The van der Waals surface area contributed by atoms with Crippen molar-refractivity contribution in [2.24, 2.45) is 5.92 Å². The quantitative estimate of drug-likeness (QED) is 0.542. The third kappa shape index (κ3) is 7.36. The zero-order valence-electron chi connectivity index (χ0n) is 11.4. The number of rotatable bonds is 0. The van der Waals surface area contributed by atoms with E-state index in [0.29, 0.717) is 0 Å². The Morgan fingerprint density at radius 1 is 0.944 bits per heavy atom. The van der Waals surface area contributed by atoms with Gasteiger partial charge < -0.3 is 0 Å². The summed E-state index contributed by atoms with van der Waals surface area (Å²) in [5.41, 5.74) is -0.602. The fourth-order valence-corrected chi connectivity index (χ4v) is 1.76. The van der Waals surface area contributed by atoms with E-state index in [0.717, 1.165) is 18.1 Å². The highest BCUT2D eigenvalue weighted by atomic mass is 19.4. The monoisotopic (exact) mass is 260 g/mol. The van der Waals surface area contributed by atoms with Crippen molar-refractivity contribution in [3.05, 3.63) is 35.9 Å². The maximum absolute atomic E-state index is 11.8. The lowest BCUT2D eigenvalue weighted by molar-refractivity contribution is -0.137. The maximum Gasteiger partial charge on any atom is 0.416 e. The molecule has 0 saturated heterocycles. The molecule has 1 fully saturated rings. The minimum Gasteiger partial charge on any atom is -0.166 e. The largest absolute Gasteiger partial charge is 0.416 e. The van der Waals surface area contributed by atoms with E-state index in [1.807, 2.05) is 13.8 Å². The van der Waals surface area contributed by atoms with Crippen molar-refractivity contribution in [3.63, 3.8) is 0 Å². The van der Waals surface area contributed by atoms with E-state index in [1.165, 1.54) is 37.8 Å². The van der Waals surface area contributed by atoms with Crippen LogP contribution in [0.2, 0.25) is 0 Å². The molecule has 18 heavy (non-hydrogen) atoms. The summed E-state index contributed by atoms with van der Waals surface area (Å²) in [4.78, 5) is 0. The summed E-state index contributed by atoms with van der Waals surface area (Å²) in [5, 5.41) is 0. The standard InChI is InChI=1S/C7H5F3.C6H12.C2H6/c8-7(9,10)6-4-2-1-3-5-6;1-6-4-2-3-5-6;1-2/h1-5H;6H,2-5H2,1H3;1-2H3. The number of halogens is 3. The van der Waals surface area contributed by atoms with Crippen LogP contribution in [0.15, 0.2) is 30.3 Å². The molecule has 1 aromatic rings. The molecule has 0 bridgehead atoms. The second-order valence-corrected chi connectivity index (χ2v) is 4.25. The van der Waals surface area contributed by atoms with Gasteiger partial charge in [-0.1, -0.05) is 76.8 Å². The second-order valence-electron chi connectivity index (χ2n) is 4.25. The SMILES string of the molecule is CC.CC1CCCC1.FC(F)(F)c1ccccc1. The van der Waals surface area contributed by atoms with Gasteiger partial charge in [0.2, 0.25) is 0 Å². The van der Waals surface area contributed by atoms with Crippen molar-refractivity contribution < 1.29 is 13.2 Å². The fraction of sp³-hybridized carbons (Fsp3) is 0.600. The molecule has 1 aliphatic carbocycles. The molecule has 0 atom stereocenters. The zero-order chi connectivity index (χ0) is 14.0. The molecule has 0 radical (unpaired) electrons. The summed E-state index contributed by atoms with van der Waals surface area (Å²) in [6.45, 7) is 6.34. The average molecular weight is 260 g/mol. The number of benzene rings is 1. The molecule has 0 heterocycles. The predicted molar refractivity (Wildman–Crippen MR) is 70.4 cm³/mol. The molecule has 1 aliphatic rings. The summed E-state index contributed by atoms with van der Waals surface area (Å²) in [7, 11) is 0. The Hall–Kier alpha value is -0.990. The number of alkyl halides is 3. The first-order valence-electron chi connectivity index (χ1n) is 6.62. The topological polar surface area (TPSA) is 0 Å². The lowest BCUT2D eigenvalue weighted by Gasteiger charge is -2.03. The molecule has 0 amide bonds. The Bertz CT molecular complexity index is 284. The van der Waals surface area contributed by atoms with Gasteiger partial charge in [0.1, 0.15) is 0 Å². The molecular formula is C15H23F3. The molecule has 3 heteroatoms. The molecule has 0 aromatic heterocycles. The van der Waals surface area contributed by atoms with Gasteiger partial charge in [0.15, 0.2) is 0 Å². The molecule has 0 unspecified atom stereocenters.